The Labute approximate surface area is 107 Å². The second kappa shape index (κ2) is 4.52. The van der Waals surface area contributed by atoms with Crippen molar-refractivity contribution < 1.29 is 9.84 Å². The third-order valence-corrected chi connectivity index (χ3v) is 4.15. The van der Waals surface area contributed by atoms with Crippen molar-refractivity contribution in [3.05, 3.63) is 23.9 Å². The number of hydrogen-bond acceptors (Lipinski definition) is 4. The van der Waals surface area contributed by atoms with Crippen molar-refractivity contribution in [2.75, 3.05) is 7.11 Å². The van der Waals surface area contributed by atoms with E-state index >= 15 is 0 Å². The molecule has 3 rings (SSSR count). The van der Waals surface area contributed by atoms with Crippen LogP contribution >= 0.6 is 0 Å². The summed E-state index contributed by atoms with van der Waals surface area (Å²) in [5, 5.41) is 14.5. The highest BCUT2D eigenvalue weighted by Gasteiger charge is 2.42. The van der Waals surface area contributed by atoms with E-state index < -0.39 is 5.60 Å². The first-order valence-electron chi connectivity index (χ1n) is 6.69. The monoisotopic (exact) mass is 248 g/mol. The number of pyridine rings is 1. The molecule has 0 aliphatic carbocycles. The lowest BCUT2D eigenvalue weighted by Crippen LogP contribution is -2.54. The molecule has 2 unspecified atom stereocenters. The van der Waals surface area contributed by atoms with Gasteiger partial charge in [0, 0.05) is 18.2 Å². The minimum absolute atomic E-state index is 0.426. The molecule has 3 heterocycles. The van der Waals surface area contributed by atoms with Gasteiger partial charge in [0.25, 0.3) is 0 Å². The van der Waals surface area contributed by atoms with E-state index in [1.807, 2.05) is 18.2 Å². The number of piperidine rings is 2. The number of hydrogen-bond donors (Lipinski definition) is 2. The molecule has 2 aliphatic rings. The van der Waals surface area contributed by atoms with E-state index in [9.17, 15) is 5.11 Å². The summed E-state index contributed by atoms with van der Waals surface area (Å²) >= 11 is 0. The molecular formula is C14H20N2O2. The molecule has 0 radical (unpaired) electrons. The Morgan fingerprint density at radius 1 is 1.33 bits per heavy atom. The Kier molecular flexibility index (Phi) is 2.99. The van der Waals surface area contributed by atoms with Crippen molar-refractivity contribution in [1.82, 2.24) is 10.3 Å². The maximum atomic E-state index is 10.9. The van der Waals surface area contributed by atoms with E-state index in [0.717, 1.165) is 31.4 Å². The maximum Gasteiger partial charge on any atom is 0.213 e. The summed E-state index contributed by atoms with van der Waals surface area (Å²) < 4.78 is 5.15. The third-order valence-electron chi connectivity index (χ3n) is 4.15. The van der Waals surface area contributed by atoms with Crippen molar-refractivity contribution in [3.8, 4) is 5.88 Å². The van der Waals surface area contributed by atoms with Gasteiger partial charge in [0.2, 0.25) is 5.88 Å². The molecule has 18 heavy (non-hydrogen) atoms. The molecule has 4 heteroatoms. The van der Waals surface area contributed by atoms with Crippen LogP contribution < -0.4 is 10.1 Å². The largest absolute Gasteiger partial charge is 0.481 e. The number of ether oxygens (including phenoxy) is 1. The highest BCUT2D eigenvalue weighted by molar-refractivity contribution is 5.22. The van der Waals surface area contributed by atoms with Gasteiger partial charge >= 0.3 is 0 Å². The van der Waals surface area contributed by atoms with Gasteiger partial charge in [-0.05, 0) is 31.7 Å². The van der Waals surface area contributed by atoms with Gasteiger partial charge < -0.3 is 15.2 Å². The number of nitrogens with zero attached hydrogens (tertiary/aromatic N) is 1. The first-order valence-corrected chi connectivity index (χ1v) is 6.69. The zero-order chi connectivity index (χ0) is 12.6. The average Bonchev–Trinajstić information content (AvgIpc) is 2.38. The molecule has 2 fully saturated rings. The van der Waals surface area contributed by atoms with Gasteiger partial charge in [-0.15, -0.1) is 0 Å². The summed E-state index contributed by atoms with van der Waals surface area (Å²) in [5.74, 6) is 0.574. The number of nitrogens with one attached hydrogen (secondary N) is 1. The van der Waals surface area contributed by atoms with Crippen molar-refractivity contribution in [2.24, 2.45) is 0 Å². The van der Waals surface area contributed by atoms with E-state index in [4.69, 9.17) is 4.74 Å². The summed E-state index contributed by atoms with van der Waals surface area (Å²) in [4.78, 5) is 4.41. The fraction of sp³-hybridized carbons (Fsp3) is 0.643. The van der Waals surface area contributed by atoms with E-state index in [1.54, 1.807) is 7.11 Å². The minimum Gasteiger partial charge on any atom is -0.481 e. The number of fused-ring (bicyclic) bond motifs is 2. The smallest absolute Gasteiger partial charge is 0.213 e. The Balaban J connectivity index is 1.89. The van der Waals surface area contributed by atoms with Crippen molar-refractivity contribution in [2.45, 2.75) is 49.8 Å². The van der Waals surface area contributed by atoms with E-state index in [1.165, 1.54) is 6.42 Å². The van der Waals surface area contributed by atoms with E-state index in [-0.39, 0.29) is 0 Å². The van der Waals surface area contributed by atoms with Crippen LogP contribution in [0.4, 0.5) is 0 Å². The lowest BCUT2D eigenvalue weighted by Gasteiger charge is -2.44. The molecule has 2 saturated heterocycles. The SMILES string of the molecule is COc1cccc(C2(O)CC3CCCC(C2)N3)n1. The lowest BCUT2D eigenvalue weighted by molar-refractivity contribution is -0.0395. The highest BCUT2D eigenvalue weighted by Crippen LogP contribution is 2.39. The average molecular weight is 248 g/mol. The zero-order valence-corrected chi connectivity index (χ0v) is 10.7. The van der Waals surface area contributed by atoms with Crippen LogP contribution in [-0.4, -0.2) is 29.3 Å². The van der Waals surface area contributed by atoms with Crippen molar-refractivity contribution in [1.29, 1.82) is 0 Å². The van der Waals surface area contributed by atoms with Crippen LogP contribution in [0.2, 0.25) is 0 Å². The summed E-state index contributed by atoms with van der Waals surface area (Å²) in [5.41, 5.74) is -0.0459. The molecular weight excluding hydrogens is 228 g/mol. The van der Waals surface area contributed by atoms with Crippen LogP contribution in [0.5, 0.6) is 5.88 Å². The van der Waals surface area contributed by atoms with Crippen LogP contribution in [-0.2, 0) is 5.60 Å². The highest BCUT2D eigenvalue weighted by atomic mass is 16.5. The van der Waals surface area contributed by atoms with E-state index in [0.29, 0.717) is 18.0 Å². The minimum atomic E-state index is -0.796. The summed E-state index contributed by atoms with van der Waals surface area (Å²) in [6.07, 6.45) is 5.09. The lowest BCUT2D eigenvalue weighted by atomic mass is 9.75. The molecule has 1 aromatic heterocycles. The fourth-order valence-electron chi connectivity index (χ4n) is 3.33. The summed E-state index contributed by atoms with van der Waals surface area (Å²) in [6, 6.07) is 6.47. The summed E-state index contributed by atoms with van der Waals surface area (Å²) in [7, 11) is 1.60. The number of aliphatic hydroxyl groups is 1. The van der Waals surface area contributed by atoms with Crippen LogP contribution in [0, 0.1) is 0 Å². The molecule has 0 saturated carbocycles. The molecule has 2 bridgehead atoms. The number of aromatic nitrogens is 1. The van der Waals surface area contributed by atoms with Gasteiger partial charge in [-0.1, -0.05) is 12.5 Å². The molecule has 1 aromatic rings. The van der Waals surface area contributed by atoms with Crippen LogP contribution in [0.1, 0.15) is 37.8 Å². The first-order chi connectivity index (χ1) is 8.69. The zero-order valence-electron chi connectivity index (χ0n) is 10.7. The molecule has 0 amide bonds. The van der Waals surface area contributed by atoms with Gasteiger partial charge in [0.15, 0.2) is 0 Å². The quantitative estimate of drug-likeness (QED) is 0.834. The Hall–Kier alpha value is -1.13. The second-order valence-corrected chi connectivity index (χ2v) is 5.50. The van der Waals surface area contributed by atoms with Crippen LogP contribution in [0.15, 0.2) is 18.2 Å². The standard InChI is InChI=1S/C14H20N2O2/c1-18-13-7-3-6-12(16-13)14(17)8-10-4-2-5-11(9-14)15-10/h3,6-7,10-11,15,17H,2,4-5,8-9H2,1H3. The molecule has 2 atom stereocenters. The van der Waals surface area contributed by atoms with Gasteiger partial charge in [-0.2, -0.15) is 0 Å². The fourth-order valence-corrected chi connectivity index (χ4v) is 3.33. The Bertz CT molecular complexity index is 424. The Morgan fingerprint density at radius 3 is 2.72 bits per heavy atom. The van der Waals surface area contributed by atoms with Crippen LogP contribution in [0.3, 0.4) is 0 Å². The van der Waals surface area contributed by atoms with E-state index in [2.05, 4.69) is 10.3 Å². The normalized spacial score (nSPS) is 35.2. The molecule has 0 spiro atoms. The predicted octanol–water partition coefficient (Wildman–Crippen LogP) is 1.58. The van der Waals surface area contributed by atoms with Gasteiger partial charge in [0.05, 0.1) is 12.8 Å². The molecule has 0 aromatic carbocycles. The first kappa shape index (κ1) is 11.9. The number of methoxy groups -OCH3 is 1. The molecule has 4 nitrogen and oxygen atoms in total. The summed E-state index contributed by atoms with van der Waals surface area (Å²) in [6.45, 7) is 0. The maximum absolute atomic E-state index is 10.9. The topological polar surface area (TPSA) is 54.4 Å². The van der Waals surface area contributed by atoms with Gasteiger partial charge in [-0.3, -0.25) is 0 Å². The van der Waals surface area contributed by atoms with Gasteiger partial charge in [0.1, 0.15) is 5.60 Å². The molecule has 98 valence electrons. The Morgan fingerprint density at radius 2 is 2.06 bits per heavy atom. The number of rotatable bonds is 2. The van der Waals surface area contributed by atoms with Crippen molar-refractivity contribution >= 4 is 0 Å². The van der Waals surface area contributed by atoms with Gasteiger partial charge in [-0.25, -0.2) is 4.98 Å². The third kappa shape index (κ3) is 2.10. The van der Waals surface area contributed by atoms with Crippen molar-refractivity contribution in [3.63, 3.8) is 0 Å². The second-order valence-electron chi connectivity index (χ2n) is 5.50. The molecule has 2 N–H and O–H groups in total. The predicted molar refractivity (Wildman–Crippen MR) is 68.5 cm³/mol. The molecule has 2 aliphatic heterocycles. The van der Waals surface area contributed by atoms with Crippen LogP contribution in [0.25, 0.3) is 0 Å².